The van der Waals surface area contributed by atoms with Crippen LogP contribution in [0.15, 0.2) is 24.3 Å². The molecule has 1 aromatic heterocycles. The number of nitrogens with one attached hydrogen (secondary N) is 1. The van der Waals surface area contributed by atoms with Crippen molar-refractivity contribution in [3.63, 3.8) is 0 Å². The minimum atomic E-state index is -0.263. The van der Waals surface area contributed by atoms with Crippen molar-refractivity contribution < 1.29 is 9.13 Å². The van der Waals surface area contributed by atoms with Crippen molar-refractivity contribution in [1.82, 2.24) is 9.97 Å². The lowest BCUT2D eigenvalue weighted by Gasteiger charge is -2.13. The Labute approximate surface area is 129 Å². The van der Waals surface area contributed by atoms with E-state index < -0.39 is 0 Å². The van der Waals surface area contributed by atoms with Gasteiger partial charge in [0.2, 0.25) is 5.88 Å². The molecule has 0 bridgehead atoms. The summed E-state index contributed by atoms with van der Waals surface area (Å²) in [5.41, 5.74) is 6.93. The molecule has 6 heteroatoms. The fourth-order valence-electron chi connectivity index (χ4n) is 2.03. The number of ether oxygens (including phenoxy) is 1. The maximum Gasteiger partial charge on any atom is 0.242 e. The third-order valence-electron chi connectivity index (χ3n) is 3.12. The highest BCUT2D eigenvalue weighted by molar-refractivity contribution is 5.67. The van der Waals surface area contributed by atoms with E-state index in [1.54, 1.807) is 18.2 Å². The lowest BCUT2D eigenvalue weighted by atomic mass is 10.2. The first-order valence-electron chi connectivity index (χ1n) is 7.42. The number of hydrogen-bond donors (Lipinski definition) is 2. The van der Waals surface area contributed by atoms with Crippen LogP contribution >= 0.6 is 0 Å². The molecule has 0 spiro atoms. The van der Waals surface area contributed by atoms with Crippen LogP contribution in [0.5, 0.6) is 5.88 Å². The molecule has 2 rings (SSSR count). The Hall–Kier alpha value is -2.37. The van der Waals surface area contributed by atoms with Crippen LogP contribution in [0.25, 0.3) is 0 Å². The molecule has 0 amide bonds. The average Bonchev–Trinajstić information content (AvgIpc) is 2.51. The molecule has 1 aromatic carbocycles. The normalized spacial score (nSPS) is 10.5. The summed E-state index contributed by atoms with van der Waals surface area (Å²) in [7, 11) is 0. The van der Waals surface area contributed by atoms with Gasteiger partial charge in [-0.1, -0.05) is 25.1 Å². The monoisotopic (exact) mass is 304 g/mol. The quantitative estimate of drug-likeness (QED) is 0.822. The molecule has 0 aliphatic carbocycles. The zero-order chi connectivity index (χ0) is 15.9. The molecule has 0 fully saturated rings. The fraction of sp³-hybridized carbons (Fsp3) is 0.375. The number of rotatable bonds is 7. The second kappa shape index (κ2) is 7.59. The molecule has 0 radical (unpaired) electrons. The second-order valence-electron chi connectivity index (χ2n) is 4.84. The number of aromatic nitrogens is 2. The molecule has 0 unspecified atom stereocenters. The third-order valence-corrected chi connectivity index (χ3v) is 3.12. The Kier molecular flexibility index (Phi) is 5.52. The first kappa shape index (κ1) is 16.0. The van der Waals surface area contributed by atoms with Gasteiger partial charge < -0.3 is 15.8 Å². The van der Waals surface area contributed by atoms with Crippen LogP contribution in [-0.4, -0.2) is 16.6 Å². The highest BCUT2D eigenvalue weighted by Crippen LogP contribution is 2.27. The number of benzene rings is 1. The van der Waals surface area contributed by atoms with Crippen molar-refractivity contribution in [2.75, 3.05) is 17.7 Å². The van der Waals surface area contributed by atoms with Gasteiger partial charge in [-0.25, -0.2) is 9.37 Å². The smallest absolute Gasteiger partial charge is 0.242 e. The topological polar surface area (TPSA) is 73.1 Å². The first-order chi connectivity index (χ1) is 10.7. The summed E-state index contributed by atoms with van der Waals surface area (Å²) in [6, 6.07) is 6.59. The minimum Gasteiger partial charge on any atom is -0.476 e. The standard InChI is InChI=1S/C16H21FN4O/c1-3-7-13-20-15(14(18)16(21-13)22-4-2)19-10-11-8-5-6-9-12(11)17/h5-6,8-9H,3-4,7,10,18H2,1-2H3,(H,19,20,21). The van der Waals surface area contributed by atoms with Crippen molar-refractivity contribution in [2.45, 2.75) is 33.2 Å². The van der Waals surface area contributed by atoms with Crippen LogP contribution in [0.2, 0.25) is 0 Å². The number of nitrogens with zero attached hydrogens (tertiary/aromatic N) is 2. The molecule has 0 saturated carbocycles. The van der Waals surface area contributed by atoms with E-state index in [9.17, 15) is 4.39 Å². The van der Waals surface area contributed by atoms with E-state index in [1.807, 2.05) is 13.8 Å². The number of anilines is 2. The van der Waals surface area contributed by atoms with Crippen LogP contribution in [0.3, 0.4) is 0 Å². The summed E-state index contributed by atoms with van der Waals surface area (Å²) in [4.78, 5) is 8.71. The van der Waals surface area contributed by atoms with Crippen molar-refractivity contribution in [3.8, 4) is 5.88 Å². The van der Waals surface area contributed by atoms with E-state index in [0.717, 1.165) is 12.8 Å². The number of hydrogen-bond acceptors (Lipinski definition) is 5. The summed E-state index contributed by atoms with van der Waals surface area (Å²) < 4.78 is 19.1. The predicted octanol–water partition coefficient (Wildman–Crippen LogP) is 3.16. The molecular formula is C16H21FN4O. The molecule has 0 aliphatic rings. The molecule has 0 saturated heterocycles. The van der Waals surface area contributed by atoms with E-state index in [-0.39, 0.29) is 5.82 Å². The van der Waals surface area contributed by atoms with Crippen LogP contribution in [0.1, 0.15) is 31.7 Å². The number of aryl methyl sites for hydroxylation is 1. The van der Waals surface area contributed by atoms with Crippen molar-refractivity contribution in [1.29, 1.82) is 0 Å². The van der Waals surface area contributed by atoms with Gasteiger partial charge in [0.15, 0.2) is 5.82 Å². The van der Waals surface area contributed by atoms with Crippen LogP contribution in [-0.2, 0) is 13.0 Å². The van der Waals surface area contributed by atoms with Gasteiger partial charge in [0.05, 0.1) is 6.61 Å². The Morgan fingerprint density at radius 1 is 1.23 bits per heavy atom. The van der Waals surface area contributed by atoms with Crippen LogP contribution in [0.4, 0.5) is 15.9 Å². The summed E-state index contributed by atoms with van der Waals surface area (Å²) in [6.45, 7) is 4.69. The predicted molar refractivity (Wildman–Crippen MR) is 85.3 cm³/mol. The van der Waals surface area contributed by atoms with E-state index in [1.165, 1.54) is 6.07 Å². The van der Waals surface area contributed by atoms with Gasteiger partial charge >= 0.3 is 0 Å². The molecule has 22 heavy (non-hydrogen) atoms. The first-order valence-corrected chi connectivity index (χ1v) is 7.42. The maximum absolute atomic E-state index is 13.7. The summed E-state index contributed by atoms with van der Waals surface area (Å²) >= 11 is 0. The van der Waals surface area contributed by atoms with Gasteiger partial charge in [-0.15, -0.1) is 0 Å². The second-order valence-corrected chi connectivity index (χ2v) is 4.84. The van der Waals surface area contributed by atoms with Crippen molar-refractivity contribution in [2.24, 2.45) is 0 Å². The van der Waals surface area contributed by atoms with Gasteiger partial charge in [0, 0.05) is 18.5 Å². The van der Waals surface area contributed by atoms with Gasteiger partial charge in [-0.2, -0.15) is 4.98 Å². The summed E-state index contributed by atoms with van der Waals surface area (Å²) in [5, 5.41) is 3.07. The molecule has 3 N–H and O–H groups in total. The van der Waals surface area contributed by atoms with Crippen molar-refractivity contribution in [3.05, 3.63) is 41.5 Å². The zero-order valence-electron chi connectivity index (χ0n) is 12.9. The SMILES string of the molecule is CCCc1nc(NCc2ccccc2F)c(N)c(OCC)n1. The molecule has 118 valence electrons. The van der Waals surface area contributed by atoms with Crippen LogP contribution in [0, 0.1) is 5.82 Å². The summed E-state index contributed by atoms with van der Waals surface area (Å²) in [5.74, 6) is 1.25. The summed E-state index contributed by atoms with van der Waals surface area (Å²) in [6.07, 6.45) is 1.65. The molecule has 5 nitrogen and oxygen atoms in total. The van der Waals surface area contributed by atoms with Gasteiger partial charge in [0.1, 0.15) is 17.3 Å². The number of nitrogens with two attached hydrogens (primary N) is 1. The van der Waals surface area contributed by atoms with Gasteiger partial charge in [0.25, 0.3) is 0 Å². The van der Waals surface area contributed by atoms with Gasteiger partial charge in [-0.05, 0) is 19.4 Å². The van der Waals surface area contributed by atoms with Crippen LogP contribution < -0.4 is 15.8 Å². The minimum absolute atomic E-state index is 0.263. The van der Waals surface area contributed by atoms with E-state index in [2.05, 4.69) is 15.3 Å². The van der Waals surface area contributed by atoms with Crippen molar-refractivity contribution >= 4 is 11.5 Å². The fourth-order valence-corrected chi connectivity index (χ4v) is 2.03. The molecule has 0 aliphatic heterocycles. The molecular weight excluding hydrogens is 283 g/mol. The van der Waals surface area contributed by atoms with E-state index >= 15 is 0 Å². The third kappa shape index (κ3) is 3.84. The lowest BCUT2D eigenvalue weighted by Crippen LogP contribution is -2.11. The Morgan fingerprint density at radius 3 is 2.68 bits per heavy atom. The Bertz CT molecular complexity index is 634. The van der Waals surface area contributed by atoms with E-state index in [0.29, 0.717) is 41.9 Å². The lowest BCUT2D eigenvalue weighted by molar-refractivity contribution is 0.327. The maximum atomic E-state index is 13.7. The largest absolute Gasteiger partial charge is 0.476 e. The van der Waals surface area contributed by atoms with E-state index in [4.69, 9.17) is 10.5 Å². The molecule has 1 heterocycles. The Morgan fingerprint density at radius 2 is 2.00 bits per heavy atom. The average molecular weight is 304 g/mol. The molecule has 0 atom stereocenters. The highest BCUT2D eigenvalue weighted by atomic mass is 19.1. The zero-order valence-corrected chi connectivity index (χ0v) is 12.9. The highest BCUT2D eigenvalue weighted by Gasteiger charge is 2.13. The Balaban J connectivity index is 2.23. The number of nitrogen functional groups attached to an aromatic ring is 1. The van der Waals surface area contributed by atoms with Gasteiger partial charge in [-0.3, -0.25) is 0 Å². The number of halogens is 1. The molecule has 2 aromatic rings.